The summed E-state index contributed by atoms with van der Waals surface area (Å²) in [6, 6.07) is 9.16. The first-order valence-electron chi connectivity index (χ1n) is 6.49. The number of benzene rings is 2. The van der Waals surface area contributed by atoms with Crippen LogP contribution in [-0.4, -0.2) is 11.6 Å². The van der Waals surface area contributed by atoms with E-state index < -0.39 is 0 Å². The molecule has 1 N–H and O–H groups in total. The highest BCUT2D eigenvalue weighted by Gasteiger charge is 2.12. The summed E-state index contributed by atoms with van der Waals surface area (Å²) in [4.78, 5) is 15.8. The van der Waals surface area contributed by atoms with Gasteiger partial charge < -0.3 is 9.72 Å². The second-order valence-electron chi connectivity index (χ2n) is 4.74. The van der Waals surface area contributed by atoms with Crippen LogP contribution in [0, 0.1) is 6.92 Å². The van der Waals surface area contributed by atoms with E-state index in [9.17, 15) is 4.79 Å². The van der Waals surface area contributed by atoms with Gasteiger partial charge in [-0.05, 0) is 43.7 Å². The molecule has 1 aromatic heterocycles. The first-order chi connectivity index (χ1) is 9.61. The third kappa shape index (κ3) is 1.95. The van der Waals surface area contributed by atoms with Crippen molar-refractivity contribution in [3.8, 4) is 5.75 Å². The van der Waals surface area contributed by atoms with Gasteiger partial charge in [-0.25, -0.2) is 0 Å². The van der Waals surface area contributed by atoms with Gasteiger partial charge in [-0.15, -0.1) is 0 Å². The van der Waals surface area contributed by atoms with Gasteiger partial charge in [0.15, 0.2) is 11.2 Å². The predicted octanol–water partition coefficient (Wildman–Crippen LogP) is 4.04. The topological polar surface area (TPSA) is 42.1 Å². The maximum absolute atomic E-state index is 12.5. The summed E-state index contributed by atoms with van der Waals surface area (Å²) in [5.74, 6) is 0.534. The predicted molar refractivity (Wildman–Crippen MR) is 83.0 cm³/mol. The molecule has 0 aliphatic rings. The Hall–Kier alpha value is -2.00. The number of rotatable bonds is 2. The normalized spacial score (nSPS) is 11.2. The number of ether oxygens (including phenoxy) is 1. The lowest BCUT2D eigenvalue weighted by Crippen LogP contribution is -2.06. The SMILES string of the molecule is CCOc1c(Cl)ccc2c(=O)c3ccc(C)cc3[nH]c12. The highest BCUT2D eigenvalue weighted by atomic mass is 35.5. The lowest BCUT2D eigenvalue weighted by molar-refractivity contribution is 0.344. The van der Waals surface area contributed by atoms with Crippen LogP contribution in [-0.2, 0) is 0 Å². The molecule has 20 heavy (non-hydrogen) atoms. The quantitative estimate of drug-likeness (QED) is 0.723. The van der Waals surface area contributed by atoms with Crippen molar-refractivity contribution >= 4 is 33.4 Å². The summed E-state index contributed by atoms with van der Waals surface area (Å²) in [6.07, 6.45) is 0. The van der Waals surface area contributed by atoms with Crippen LogP contribution in [0.15, 0.2) is 35.1 Å². The van der Waals surface area contributed by atoms with Crippen LogP contribution in [0.2, 0.25) is 5.02 Å². The molecule has 0 unspecified atom stereocenters. The fourth-order valence-corrected chi connectivity index (χ4v) is 2.61. The van der Waals surface area contributed by atoms with Gasteiger partial charge in [-0.3, -0.25) is 4.79 Å². The molecule has 0 bridgehead atoms. The second-order valence-corrected chi connectivity index (χ2v) is 5.14. The number of aromatic nitrogens is 1. The van der Waals surface area contributed by atoms with E-state index in [1.807, 2.05) is 32.0 Å². The summed E-state index contributed by atoms with van der Waals surface area (Å²) in [5.41, 5.74) is 2.53. The van der Waals surface area contributed by atoms with E-state index >= 15 is 0 Å². The molecule has 3 aromatic rings. The molecule has 0 aliphatic heterocycles. The van der Waals surface area contributed by atoms with Gasteiger partial charge in [0.2, 0.25) is 0 Å². The van der Waals surface area contributed by atoms with Gasteiger partial charge >= 0.3 is 0 Å². The Morgan fingerprint density at radius 1 is 1.20 bits per heavy atom. The van der Waals surface area contributed by atoms with Gasteiger partial charge in [0.1, 0.15) is 0 Å². The lowest BCUT2D eigenvalue weighted by Gasteiger charge is -2.10. The molecular formula is C16H14ClNO2. The van der Waals surface area contributed by atoms with E-state index in [2.05, 4.69) is 4.98 Å². The molecule has 0 radical (unpaired) electrons. The zero-order chi connectivity index (χ0) is 14.3. The number of aryl methyl sites for hydroxylation is 1. The number of hydrogen-bond acceptors (Lipinski definition) is 2. The summed E-state index contributed by atoms with van der Waals surface area (Å²) >= 11 is 6.17. The van der Waals surface area contributed by atoms with Crippen molar-refractivity contribution in [2.45, 2.75) is 13.8 Å². The Morgan fingerprint density at radius 3 is 2.70 bits per heavy atom. The van der Waals surface area contributed by atoms with E-state index in [1.165, 1.54) is 0 Å². The molecule has 2 aromatic carbocycles. The molecule has 0 saturated carbocycles. The Kier molecular flexibility index (Phi) is 3.14. The van der Waals surface area contributed by atoms with E-state index in [1.54, 1.807) is 12.1 Å². The maximum Gasteiger partial charge on any atom is 0.197 e. The molecular weight excluding hydrogens is 274 g/mol. The third-order valence-electron chi connectivity index (χ3n) is 3.32. The lowest BCUT2D eigenvalue weighted by atomic mass is 10.1. The molecule has 0 fully saturated rings. The zero-order valence-electron chi connectivity index (χ0n) is 11.3. The standard InChI is InChI=1S/C16H14ClNO2/c1-3-20-16-12(17)7-6-11-14(16)18-13-8-9(2)4-5-10(13)15(11)19/h4-8H,3H2,1-2H3,(H,18,19). The van der Waals surface area contributed by atoms with Crippen LogP contribution in [0.5, 0.6) is 5.75 Å². The van der Waals surface area contributed by atoms with E-state index in [0.717, 1.165) is 11.1 Å². The number of aromatic amines is 1. The van der Waals surface area contributed by atoms with Gasteiger partial charge in [-0.1, -0.05) is 17.7 Å². The minimum Gasteiger partial charge on any atom is -0.490 e. The van der Waals surface area contributed by atoms with Gasteiger partial charge in [-0.2, -0.15) is 0 Å². The number of pyridine rings is 1. The van der Waals surface area contributed by atoms with Crippen LogP contribution in [0.1, 0.15) is 12.5 Å². The van der Waals surface area contributed by atoms with Gasteiger partial charge in [0.05, 0.1) is 28.0 Å². The Balaban J connectivity index is 2.50. The fraction of sp³-hybridized carbons (Fsp3) is 0.188. The minimum atomic E-state index is -0.00799. The van der Waals surface area contributed by atoms with Crippen molar-refractivity contribution in [1.82, 2.24) is 4.98 Å². The van der Waals surface area contributed by atoms with Crippen LogP contribution in [0.4, 0.5) is 0 Å². The zero-order valence-corrected chi connectivity index (χ0v) is 12.0. The number of hydrogen-bond donors (Lipinski definition) is 1. The number of fused-ring (bicyclic) bond motifs is 2. The molecule has 4 heteroatoms. The van der Waals surface area contributed by atoms with E-state index in [-0.39, 0.29) is 5.43 Å². The summed E-state index contributed by atoms with van der Waals surface area (Å²) in [6.45, 7) is 4.37. The van der Waals surface area contributed by atoms with Gasteiger partial charge in [0.25, 0.3) is 0 Å². The molecule has 102 valence electrons. The first kappa shape index (κ1) is 13.0. The fourth-order valence-electron chi connectivity index (χ4n) is 2.40. The molecule has 0 atom stereocenters. The molecule has 1 heterocycles. The molecule has 3 nitrogen and oxygen atoms in total. The number of nitrogens with one attached hydrogen (secondary N) is 1. The molecule has 0 aliphatic carbocycles. The van der Waals surface area contributed by atoms with Crippen molar-refractivity contribution < 1.29 is 4.74 Å². The largest absolute Gasteiger partial charge is 0.490 e. The van der Waals surface area contributed by atoms with Crippen LogP contribution >= 0.6 is 11.6 Å². The number of halogens is 1. The van der Waals surface area contributed by atoms with Crippen LogP contribution < -0.4 is 10.2 Å². The van der Waals surface area contributed by atoms with Crippen molar-refractivity contribution in [2.24, 2.45) is 0 Å². The van der Waals surface area contributed by atoms with Crippen LogP contribution in [0.25, 0.3) is 21.8 Å². The smallest absolute Gasteiger partial charge is 0.197 e. The first-order valence-corrected chi connectivity index (χ1v) is 6.87. The second kappa shape index (κ2) is 4.84. The molecule has 0 amide bonds. The highest BCUT2D eigenvalue weighted by molar-refractivity contribution is 6.33. The molecule has 0 spiro atoms. The van der Waals surface area contributed by atoms with Crippen molar-refractivity contribution in [1.29, 1.82) is 0 Å². The third-order valence-corrected chi connectivity index (χ3v) is 3.62. The molecule has 0 saturated heterocycles. The van der Waals surface area contributed by atoms with Crippen molar-refractivity contribution in [3.05, 3.63) is 51.1 Å². The summed E-state index contributed by atoms with van der Waals surface area (Å²) < 4.78 is 5.58. The van der Waals surface area contributed by atoms with Gasteiger partial charge in [0, 0.05) is 5.39 Å². The summed E-state index contributed by atoms with van der Waals surface area (Å²) in [7, 11) is 0. The van der Waals surface area contributed by atoms with E-state index in [4.69, 9.17) is 16.3 Å². The number of H-pyrrole nitrogens is 1. The van der Waals surface area contributed by atoms with Crippen LogP contribution in [0.3, 0.4) is 0 Å². The minimum absolute atomic E-state index is 0.00799. The average Bonchev–Trinajstić information content (AvgIpc) is 2.42. The van der Waals surface area contributed by atoms with Crippen molar-refractivity contribution in [2.75, 3.05) is 6.61 Å². The molecule has 3 rings (SSSR count). The Labute approximate surface area is 121 Å². The van der Waals surface area contributed by atoms with E-state index in [0.29, 0.717) is 33.7 Å². The Bertz CT molecular complexity index is 868. The monoisotopic (exact) mass is 287 g/mol. The Morgan fingerprint density at radius 2 is 1.95 bits per heavy atom. The highest BCUT2D eigenvalue weighted by Crippen LogP contribution is 2.32. The maximum atomic E-state index is 12.5. The average molecular weight is 288 g/mol. The summed E-state index contributed by atoms with van der Waals surface area (Å²) in [5, 5.41) is 1.77. The van der Waals surface area contributed by atoms with Crippen molar-refractivity contribution in [3.63, 3.8) is 0 Å².